The van der Waals surface area contributed by atoms with Gasteiger partial charge in [-0.3, -0.25) is 14.5 Å². The van der Waals surface area contributed by atoms with Crippen molar-refractivity contribution < 1.29 is 9.59 Å². The number of rotatable bonds is 4. The molecule has 0 bridgehead atoms. The molecule has 114 valence electrons. The van der Waals surface area contributed by atoms with E-state index in [2.05, 4.69) is 10.2 Å². The van der Waals surface area contributed by atoms with Gasteiger partial charge in [0, 0.05) is 52.1 Å². The van der Waals surface area contributed by atoms with Crippen molar-refractivity contribution in [3.8, 4) is 0 Å². The fourth-order valence-electron chi connectivity index (χ4n) is 3.13. The van der Waals surface area contributed by atoms with E-state index in [4.69, 9.17) is 0 Å². The maximum Gasteiger partial charge on any atom is 0.223 e. The van der Waals surface area contributed by atoms with Gasteiger partial charge in [-0.05, 0) is 12.8 Å². The number of carbonyl (C=O) groups excluding carboxylic acids is 2. The topological polar surface area (TPSA) is 52.7 Å². The Bertz CT molecular complexity index is 332. The van der Waals surface area contributed by atoms with Gasteiger partial charge in [0.25, 0.3) is 0 Å². The molecule has 5 heteroatoms. The van der Waals surface area contributed by atoms with Crippen molar-refractivity contribution in [2.24, 2.45) is 5.92 Å². The molecular formula is C15H27N3O2. The lowest BCUT2D eigenvalue weighted by Crippen LogP contribution is -2.50. The van der Waals surface area contributed by atoms with E-state index in [1.165, 1.54) is 19.3 Å². The highest BCUT2D eigenvalue weighted by atomic mass is 16.2. The predicted molar refractivity (Wildman–Crippen MR) is 78.3 cm³/mol. The summed E-state index contributed by atoms with van der Waals surface area (Å²) in [4.78, 5) is 27.4. The lowest BCUT2D eigenvalue weighted by molar-refractivity contribution is -0.130. The molecular weight excluding hydrogens is 254 g/mol. The van der Waals surface area contributed by atoms with Crippen molar-refractivity contribution in [2.75, 3.05) is 39.3 Å². The molecule has 0 aromatic heterocycles. The number of hydrogen-bond acceptors (Lipinski definition) is 3. The Morgan fingerprint density at radius 3 is 2.30 bits per heavy atom. The van der Waals surface area contributed by atoms with Crippen LogP contribution in [0.5, 0.6) is 0 Å². The Hall–Kier alpha value is -1.10. The molecule has 1 saturated carbocycles. The monoisotopic (exact) mass is 281 g/mol. The standard InChI is InChI=1S/C15H27N3O2/c1-13(19)18-11-9-17(10-12-18)8-7-16-15(20)14-5-3-2-4-6-14/h14H,2-12H2,1H3,(H,16,20). The number of hydrogen-bond donors (Lipinski definition) is 1. The van der Waals surface area contributed by atoms with E-state index in [9.17, 15) is 9.59 Å². The lowest BCUT2D eigenvalue weighted by atomic mass is 9.89. The molecule has 1 N–H and O–H groups in total. The van der Waals surface area contributed by atoms with Crippen molar-refractivity contribution in [2.45, 2.75) is 39.0 Å². The first-order valence-electron chi connectivity index (χ1n) is 7.92. The third kappa shape index (κ3) is 4.47. The van der Waals surface area contributed by atoms with Gasteiger partial charge in [0.15, 0.2) is 0 Å². The van der Waals surface area contributed by atoms with Crippen molar-refractivity contribution in [3.63, 3.8) is 0 Å². The Labute approximate surface area is 121 Å². The van der Waals surface area contributed by atoms with Crippen LogP contribution in [0.2, 0.25) is 0 Å². The molecule has 1 aliphatic carbocycles. The molecule has 0 aromatic rings. The van der Waals surface area contributed by atoms with Gasteiger partial charge in [0.1, 0.15) is 0 Å². The van der Waals surface area contributed by atoms with Crippen molar-refractivity contribution in [3.05, 3.63) is 0 Å². The highest BCUT2D eigenvalue weighted by molar-refractivity contribution is 5.78. The molecule has 2 fully saturated rings. The first-order chi connectivity index (χ1) is 9.66. The van der Waals surface area contributed by atoms with Crippen LogP contribution in [0.15, 0.2) is 0 Å². The smallest absolute Gasteiger partial charge is 0.223 e. The van der Waals surface area contributed by atoms with E-state index in [1.54, 1.807) is 6.92 Å². The van der Waals surface area contributed by atoms with Crippen LogP contribution in [0.3, 0.4) is 0 Å². The largest absolute Gasteiger partial charge is 0.355 e. The van der Waals surface area contributed by atoms with Crippen molar-refractivity contribution in [1.82, 2.24) is 15.1 Å². The molecule has 20 heavy (non-hydrogen) atoms. The molecule has 1 saturated heterocycles. The molecule has 1 heterocycles. The molecule has 0 radical (unpaired) electrons. The van der Waals surface area contributed by atoms with Crippen LogP contribution in [-0.4, -0.2) is 60.9 Å². The minimum Gasteiger partial charge on any atom is -0.355 e. The van der Waals surface area contributed by atoms with Gasteiger partial charge in [-0.1, -0.05) is 19.3 Å². The summed E-state index contributed by atoms with van der Waals surface area (Å²) >= 11 is 0. The minimum absolute atomic E-state index is 0.162. The number of piperazine rings is 1. The van der Waals surface area contributed by atoms with Crippen LogP contribution in [0.1, 0.15) is 39.0 Å². The molecule has 2 aliphatic rings. The van der Waals surface area contributed by atoms with E-state index >= 15 is 0 Å². The van der Waals surface area contributed by atoms with Crippen LogP contribution < -0.4 is 5.32 Å². The second-order valence-electron chi connectivity index (χ2n) is 5.97. The average molecular weight is 281 g/mol. The summed E-state index contributed by atoms with van der Waals surface area (Å²) in [5, 5.41) is 3.07. The highest BCUT2D eigenvalue weighted by Gasteiger charge is 2.21. The lowest BCUT2D eigenvalue weighted by Gasteiger charge is -2.34. The quantitative estimate of drug-likeness (QED) is 0.831. The average Bonchev–Trinajstić information content (AvgIpc) is 2.48. The fraction of sp³-hybridized carbons (Fsp3) is 0.867. The van der Waals surface area contributed by atoms with E-state index in [0.717, 1.165) is 52.1 Å². The predicted octanol–water partition coefficient (Wildman–Crippen LogP) is 0.847. The molecule has 0 aromatic carbocycles. The maximum atomic E-state index is 12.0. The summed E-state index contributed by atoms with van der Waals surface area (Å²) in [6.45, 7) is 6.70. The number of nitrogens with one attached hydrogen (secondary N) is 1. The summed E-state index contributed by atoms with van der Waals surface area (Å²) in [6, 6.07) is 0. The summed E-state index contributed by atoms with van der Waals surface area (Å²) < 4.78 is 0. The third-order valence-electron chi connectivity index (χ3n) is 4.52. The van der Waals surface area contributed by atoms with Crippen LogP contribution in [0.25, 0.3) is 0 Å². The highest BCUT2D eigenvalue weighted by Crippen LogP contribution is 2.23. The van der Waals surface area contributed by atoms with Gasteiger partial charge < -0.3 is 10.2 Å². The summed E-state index contributed by atoms with van der Waals surface area (Å²) in [6.07, 6.45) is 5.80. The Morgan fingerprint density at radius 1 is 1.05 bits per heavy atom. The second kappa shape index (κ2) is 7.62. The van der Waals surface area contributed by atoms with Gasteiger partial charge in [-0.2, -0.15) is 0 Å². The molecule has 5 nitrogen and oxygen atoms in total. The van der Waals surface area contributed by atoms with Gasteiger partial charge in [-0.25, -0.2) is 0 Å². The third-order valence-corrected chi connectivity index (χ3v) is 4.52. The van der Waals surface area contributed by atoms with Gasteiger partial charge in [0.05, 0.1) is 0 Å². The van der Waals surface area contributed by atoms with E-state index in [-0.39, 0.29) is 17.7 Å². The summed E-state index contributed by atoms with van der Waals surface area (Å²) in [5.74, 6) is 0.653. The molecule has 0 atom stereocenters. The Balaban J connectivity index is 1.59. The molecule has 2 amide bonds. The van der Waals surface area contributed by atoms with Gasteiger partial charge in [-0.15, -0.1) is 0 Å². The van der Waals surface area contributed by atoms with Gasteiger partial charge in [0.2, 0.25) is 11.8 Å². The van der Waals surface area contributed by atoms with Crippen LogP contribution >= 0.6 is 0 Å². The van der Waals surface area contributed by atoms with Crippen LogP contribution in [-0.2, 0) is 9.59 Å². The first-order valence-corrected chi connectivity index (χ1v) is 7.92. The van der Waals surface area contributed by atoms with Crippen LogP contribution in [0, 0.1) is 5.92 Å². The van der Waals surface area contributed by atoms with Gasteiger partial charge >= 0.3 is 0 Å². The molecule has 0 spiro atoms. The molecule has 1 aliphatic heterocycles. The maximum absolute atomic E-state index is 12.0. The van der Waals surface area contributed by atoms with Crippen molar-refractivity contribution in [1.29, 1.82) is 0 Å². The van der Waals surface area contributed by atoms with E-state index in [0.29, 0.717) is 0 Å². The summed E-state index contributed by atoms with van der Waals surface area (Å²) in [7, 11) is 0. The summed E-state index contributed by atoms with van der Waals surface area (Å²) in [5.41, 5.74) is 0. The zero-order valence-electron chi connectivity index (χ0n) is 12.6. The second-order valence-corrected chi connectivity index (χ2v) is 5.97. The van der Waals surface area contributed by atoms with E-state index in [1.807, 2.05) is 4.90 Å². The number of carbonyl (C=O) groups is 2. The van der Waals surface area contributed by atoms with Crippen molar-refractivity contribution >= 4 is 11.8 Å². The normalized spacial score (nSPS) is 21.8. The number of nitrogens with zero attached hydrogens (tertiary/aromatic N) is 2. The zero-order chi connectivity index (χ0) is 14.4. The Morgan fingerprint density at radius 2 is 1.70 bits per heavy atom. The zero-order valence-corrected chi connectivity index (χ0v) is 12.6. The van der Waals surface area contributed by atoms with E-state index < -0.39 is 0 Å². The Kier molecular flexibility index (Phi) is 5.83. The first kappa shape index (κ1) is 15.3. The fourth-order valence-corrected chi connectivity index (χ4v) is 3.13. The SMILES string of the molecule is CC(=O)N1CCN(CCNC(=O)C2CCCCC2)CC1. The molecule has 2 rings (SSSR count). The van der Waals surface area contributed by atoms with Crippen LogP contribution in [0.4, 0.5) is 0 Å². The minimum atomic E-state index is 0.162. The number of amides is 2. The molecule has 0 unspecified atom stereocenters.